The number of hydrogen-bond acceptors (Lipinski definition) is 3. The predicted octanol–water partition coefficient (Wildman–Crippen LogP) is 1.12. The van der Waals surface area contributed by atoms with Crippen molar-refractivity contribution in [3.63, 3.8) is 0 Å². The fourth-order valence-corrected chi connectivity index (χ4v) is 1.31. The van der Waals surface area contributed by atoms with Crippen molar-refractivity contribution >= 4 is 5.91 Å². The summed E-state index contributed by atoms with van der Waals surface area (Å²) in [5, 5.41) is 12.1. The summed E-state index contributed by atoms with van der Waals surface area (Å²) in [7, 11) is 1.60. The van der Waals surface area contributed by atoms with E-state index in [1.807, 2.05) is 24.3 Å². The van der Waals surface area contributed by atoms with E-state index in [0.29, 0.717) is 6.42 Å². The van der Waals surface area contributed by atoms with Crippen LogP contribution in [-0.4, -0.2) is 30.3 Å². The molecule has 1 aromatic rings. The number of carbonyl (C=O) groups excluding carboxylic acids is 1. The van der Waals surface area contributed by atoms with Crippen LogP contribution in [0.1, 0.15) is 19.4 Å². The Morgan fingerprint density at radius 3 is 2.41 bits per heavy atom. The van der Waals surface area contributed by atoms with Crippen molar-refractivity contribution < 1.29 is 14.6 Å². The predicted molar refractivity (Wildman–Crippen MR) is 66.0 cm³/mol. The number of aliphatic hydroxyl groups is 1. The van der Waals surface area contributed by atoms with Crippen LogP contribution in [0.25, 0.3) is 0 Å². The molecule has 0 aromatic heterocycles. The monoisotopic (exact) mass is 237 g/mol. The van der Waals surface area contributed by atoms with E-state index in [-0.39, 0.29) is 12.5 Å². The van der Waals surface area contributed by atoms with E-state index in [0.717, 1.165) is 11.3 Å². The van der Waals surface area contributed by atoms with Crippen molar-refractivity contribution in [3.05, 3.63) is 29.8 Å². The van der Waals surface area contributed by atoms with Gasteiger partial charge in [-0.05, 0) is 31.5 Å². The zero-order valence-electron chi connectivity index (χ0n) is 10.5. The Bertz CT molecular complexity index is 365. The molecule has 0 spiro atoms. The zero-order chi connectivity index (χ0) is 12.9. The molecule has 1 aromatic carbocycles. The number of ether oxygens (including phenoxy) is 1. The first-order valence-corrected chi connectivity index (χ1v) is 5.53. The first kappa shape index (κ1) is 13.5. The summed E-state index contributed by atoms with van der Waals surface area (Å²) in [6, 6.07) is 7.34. The van der Waals surface area contributed by atoms with Gasteiger partial charge in [0.1, 0.15) is 5.75 Å². The number of rotatable bonds is 5. The molecule has 1 rings (SSSR count). The van der Waals surface area contributed by atoms with Crippen LogP contribution in [0.5, 0.6) is 5.75 Å². The Balaban J connectivity index is 2.45. The maximum absolute atomic E-state index is 11.6. The lowest BCUT2D eigenvalue weighted by Gasteiger charge is -2.17. The Labute approximate surface area is 102 Å². The molecule has 2 N–H and O–H groups in total. The number of hydrogen-bond donors (Lipinski definition) is 2. The third-order valence-corrected chi connectivity index (χ3v) is 2.24. The minimum absolute atomic E-state index is 0.0997. The third kappa shape index (κ3) is 5.36. The molecule has 0 aliphatic rings. The molecule has 0 saturated heterocycles. The SMILES string of the molecule is COc1ccc(CC(=O)NCC(C)(C)O)cc1. The molecule has 0 radical (unpaired) electrons. The lowest BCUT2D eigenvalue weighted by Crippen LogP contribution is -2.38. The second-order valence-corrected chi connectivity index (χ2v) is 4.61. The Morgan fingerprint density at radius 2 is 1.94 bits per heavy atom. The third-order valence-electron chi connectivity index (χ3n) is 2.24. The summed E-state index contributed by atoms with van der Waals surface area (Å²) in [6.45, 7) is 3.56. The Kier molecular flexibility index (Phi) is 4.52. The maximum Gasteiger partial charge on any atom is 0.224 e. The summed E-state index contributed by atoms with van der Waals surface area (Å²) < 4.78 is 5.03. The van der Waals surface area contributed by atoms with Crippen molar-refractivity contribution in [2.24, 2.45) is 0 Å². The van der Waals surface area contributed by atoms with Crippen LogP contribution in [0, 0.1) is 0 Å². The average molecular weight is 237 g/mol. The van der Waals surface area contributed by atoms with Crippen molar-refractivity contribution in [2.45, 2.75) is 25.9 Å². The first-order valence-electron chi connectivity index (χ1n) is 5.53. The molecule has 4 nitrogen and oxygen atoms in total. The molecular weight excluding hydrogens is 218 g/mol. The van der Waals surface area contributed by atoms with Gasteiger partial charge in [-0.25, -0.2) is 0 Å². The highest BCUT2D eigenvalue weighted by Crippen LogP contribution is 2.11. The van der Waals surface area contributed by atoms with Gasteiger partial charge in [0, 0.05) is 6.54 Å². The number of methoxy groups -OCH3 is 1. The van der Waals surface area contributed by atoms with Crippen LogP contribution in [-0.2, 0) is 11.2 Å². The Morgan fingerprint density at radius 1 is 1.35 bits per heavy atom. The minimum Gasteiger partial charge on any atom is -0.497 e. The molecular formula is C13H19NO3. The molecule has 0 atom stereocenters. The normalized spacial score (nSPS) is 11.1. The fourth-order valence-electron chi connectivity index (χ4n) is 1.31. The van der Waals surface area contributed by atoms with Crippen molar-refractivity contribution in [1.82, 2.24) is 5.32 Å². The second-order valence-electron chi connectivity index (χ2n) is 4.61. The van der Waals surface area contributed by atoms with Gasteiger partial charge in [-0.2, -0.15) is 0 Å². The van der Waals surface area contributed by atoms with E-state index in [4.69, 9.17) is 4.74 Å². The summed E-state index contributed by atoms with van der Waals surface area (Å²) in [4.78, 5) is 11.6. The maximum atomic E-state index is 11.6. The molecule has 0 saturated carbocycles. The summed E-state index contributed by atoms with van der Waals surface area (Å²) in [5.74, 6) is 0.669. The first-order chi connectivity index (χ1) is 7.90. The second kappa shape index (κ2) is 5.68. The highest BCUT2D eigenvalue weighted by atomic mass is 16.5. The average Bonchev–Trinajstić information content (AvgIpc) is 2.27. The fraction of sp³-hybridized carbons (Fsp3) is 0.462. The number of carbonyl (C=O) groups is 1. The molecule has 0 fully saturated rings. The molecule has 0 aliphatic carbocycles. The van der Waals surface area contributed by atoms with Crippen LogP contribution < -0.4 is 10.1 Å². The van der Waals surface area contributed by atoms with Crippen LogP contribution in [0.2, 0.25) is 0 Å². The standard InChI is InChI=1S/C13H19NO3/c1-13(2,16)9-14-12(15)8-10-4-6-11(17-3)7-5-10/h4-7,16H,8-9H2,1-3H3,(H,14,15). The van der Waals surface area contributed by atoms with Crippen LogP contribution >= 0.6 is 0 Å². The smallest absolute Gasteiger partial charge is 0.224 e. The number of nitrogens with one attached hydrogen (secondary N) is 1. The van der Waals surface area contributed by atoms with Gasteiger partial charge in [0.15, 0.2) is 0 Å². The lowest BCUT2D eigenvalue weighted by molar-refractivity contribution is -0.121. The molecule has 1 amide bonds. The summed E-state index contributed by atoms with van der Waals surface area (Å²) in [5.41, 5.74) is 0.0364. The van der Waals surface area contributed by atoms with Crippen LogP contribution in [0.15, 0.2) is 24.3 Å². The topological polar surface area (TPSA) is 58.6 Å². The van der Waals surface area contributed by atoms with Crippen molar-refractivity contribution in [2.75, 3.05) is 13.7 Å². The van der Waals surface area contributed by atoms with Crippen molar-refractivity contribution in [3.8, 4) is 5.75 Å². The van der Waals surface area contributed by atoms with Gasteiger partial charge in [-0.1, -0.05) is 12.1 Å². The van der Waals surface area contributed by atoms with Crippen LogP contribution in [0.3, 0.4) is 0 Å². The van der Waals surface area contributed by atoms with Gasteiger partial charge in [-0.15, -0.1) is 0 Å². The number of amides is 1. The molecule has 94 valence electrons. The summed E-state index contributed by atoms with van der Waals surface area (Å²) in [6.07, 6.45) is 0.306. The molecule has 17 heavy (non-hydrogen) atoms. The van der Waals surface area contributed by atoms with E-state index in [1.165, 1.54) is 0 Å². The van der Waals surface area contributed by atoms with E-state index < -0.39 is 5.60 Å². The quantitative estimate of drug-likeness (QED) is 0.807. The highest BCUT2D eigenvalue weighted by Gasteiger charge is 2.13. The molecule has 0 unspecified atom stereocenters. The van der Waals surface area contributed by atoms with Gasteiger partial charge in [0.25, 0.3) is 0 Å². The highest BCUT2D eigenvalue weighted by molar-refractivity contribution is 5.78. The lowest BCUT2D eigenvalue weighted by atomic mass is 10.1. The van der Waals surface area contributed by atoms with Gasteiger partial charge in [-0.3, -0.25) is 4.79 Å². The van der Waals surface area contributed by atoms with Gasteiger partial charge >= 0.3 is 0 Å². The van der Waals surface area contributed by atoms with E-state index in [1.54, 1.807) is 21.0 Å². The minimum atomic E-state index is -0.879. The van der Waals surface area contributed by atoms with Gasteiger partial charge in [0.05, 0.1) is 19.1 Å². The molecule has 4 heteroatoms. The van der Waals surface area contributed by atoms with E-state index in [9.17, 15) is 9.90 Å². The largest absolute Gasteiger partial charge is 0.497 e. The van der Waals surface area contributed by atoms with Crippen molar-refractivity contribution in [1.29, 1.82) is 0 Å². The van der Waals surface area contributed by atoms with E-state index >= 15 is 0 Å². The van der Waals surface area contributed by atoms with Crippen LogP contribution in [0.4, 0.5) is 0 Å². The van der Waals surface area contributed by atoms with E-state index in [2.05, 4.69) is 5.32 Å². The molecule has 0 bridgehead atoms. The van der Waals surface area contributed by atoms with Gasteiger partial charge < -0.3 is 15.2 Å². The number of benzene rings is 1. The zero-order valence-corrected chi connectivity index (χ0v) is 10.5. The summed E-state index contributed by atoms with van der Waals surface area (Å²) >= 11 is 0. The van der Waals surface area contributed by atoms with Gasteiger partial charge in [0.2, 0.25) is 5.91 Å². The molecule has 0 aliphatic heterocycles. The molecule has 0 heterocycles. The Hall–Kier alpha value is -1.55.